The van der Waals surface area contributed by atoms with E-state index in [-0.39, 0.29) is 12.2 Å². The molecule has 7 nitrogen and oxygen atoms in total. The molecule has 1 aromatic heterocycles. The Bertz CT molecular complexity index is 976. The van der Waals surface area contributed by atoms with Gasteiger partial charge in [-0.15, -0.1) is 0 Å². The minimum absolute atomic E-state index is 0.153. The second-order valence-corrected chi connectivity index (χ2v) is 6.94. The molecular formula is C20H21ClN4O3. The van der Waals surface area contributed by atoms with E-state index in [1.807, 2.05) is 26.8 Å². The summed E-state index contributed by atoms with van der Waals surface area (Å²) in [5, 5.41) is 5.73. The maximum atomic E-state index is 12.6. The minimum atomic E-state index is -0.619. The van der Waals surface area contributed by atoms with E-state index in [1.54, 1.807) is 30.3 Å². The predicted octanol–water partition coefficient (Wildman–Crippen LogP) is 3.31. The summed E-state index contributed by atoms with van der Waals surface area (Å²) in [5.74, 6) is -1.01. The largest absolute Gasteiger partial charge is 0.349 e. The number of benzene rings is 1. The lowest BCUT2D eigenvalue weighted by Crippen LogP contribution is -2.38. The van der Waals surface area contributed by atoms with Gasteiger partial charge in [-0.05, 0) is 62.7 Å². The quantitative estimate of drug-likeness (QED) is 0.596. The molecule has 1 aliphatic rings. The third kappa shape index (κ3) is 3.94. The number of rotatable bonds is 5. The number of aryl methyl sites for hydroxylation is 1. The number of urea groups is 1. The average molecular weight is 401 g/mol. The van der Waals surface area contributed by atoms with E-state index < -0.39 is 17.8 Å². The Morgan fingerprint density at radius 2 is 1.89 bits per heavy atom. The summed E-state index contributed by atoms with van der Waals surface area (Å²) in [6, 6.07) is 7.90. The number of nitrogens with zero attached hydrogens (tertiary/aromatic N) is 2. The van der Waals surface area contributed by atoms with Gasteiger partial charge >= 0.3 is 6.03 Å². The van der Waals surface area contributed by atoms with Crippen LogP contribution in [0.25, 0.3) is 6.08 Å². The van der Waals surface area contributed by atoms with Crippen molar-refractivity contribution in [3.8, 4) is 0 Å². The highest BCUT2D eigenvalue weighted by atomic mass is 35.5. The molecule has 0 spiro atoms. The normalized spacial score (nSPS) is 15.3. The van der Waals surface area contributed by atoms with Gasteiger partial charge in [-0.2, -0.15) is 0 Å². The van der Waals surface area contributed by atoms with Gasteiger partial charge in [0.2, 0.25) is 5.91 Å². The van der Waals surface area contributed by atoms with E-state index in [9.17, 15) is 14.4 Å². The second-order valence-electron chi connectivity index (χ2n) is 6.51. The van der Waals surface area contributed by atoms with Crippen LogP contribution in [0.15, 0.2) is 36.0 Å². The Labute approximate surface area is 168 Å². The summed E-state index contributed by atoms with van der Waals surface area (Å²) in [6.07, 6.45) is 1.64. The Kier molecular flexibility index (Phi) is 5.56. The Morgan fingerprint density at radius 1 is 1.21 bits per heavy atom. The molecule has 0 atom stereocenters. The van der Waals surface area contributed by atoms with Crippen LogP contribution in [0.2, 0.25) is 5.02 Å². The van der Waals surface area contributed by atoms with Crippen LogP contribution >= 0.6 is 11.6 Å². The summed E-state index contributed by atoms with van der Waals surface area (Å²) < 4.78 is 2.12. The highest BCUT2D eigenvalue weighted by Crippen LogP contribution is 2.20. The van der Waals surface area contributed by atoms with Crippen molar-refractivity contribution in [1.82, 2.24) is 14.8 Å². The predicted molar refractivity (Wildman–Crippen MR) is 108 cm³/mol. The van der Waals surface area contributed by atoms with Gasteiger partial charge < -0.3 is 15.2 Å². The molecule has 8 heteroatoms. The highest BCUT2D eigenvalue weighted by molar-refractivity contribution is 6.30. The molecule has 1 fully saturated rings. The van der Waals surface area contributed by atoms with Crippen LogP contribution in [0.5, 0.6) is 0 Å². The first-order valence-corrected chi connectivity index (χ1v) is 9.24. The van der Waals surface area contributed by atoms with E-state index in [1.165, 1.54) is 0 Å². The number of hydrogen-bond donors (Lipinski definition) is 2. The van der Waals surface area contributed by atoms with Crippen molar-refractivity contribution in [2.75, 3.05) is 11.9 Å². The molecule has 0 saturated carbocycles. The number of hydrogen-bond acceptors (Lipinski definition) is 3. The zero-order valence-corrected chi connectivity index (χ0v) is 16.6. The van der Waals surface area contributed by atoms with E-state index in [0.29, 0.717) is 10.7 Å². The topological polar surface area (TPSA) is 83.4 Å². The molecule has 0 unspecified atom stereocenters. The zero-order chi connectivity index (χ0) is 20.4. The van der Waals surface area contributed by atoms with Gasteiger partial charge in [0.15, 0.2) is 0 Å². The average Bonchev–Trinajstić information content (AvgIpc) is 3.06. The summed E-state index contributed by atoms with van der Waals surface area (Å²) in [4.78, 5) is 37.9. The molecule has 4 amide bonds. The van der Waals surface area contributed by atoms with Crippen LogP contribution in [0, 0.1) is 13.8 Å². The monoisotopic (exact) mass is 400 g/mol. The molecule has 0 radical (unpaired) electrons. The van der Waals surface area contributed by atoms with Crippen LogP contribution in [0.1, 0.15) is 23.9 Å². The molecule has 0 aliphatic carbocycles. The van der Waals surface area contributed by atoms with E-state index in [4.69, 9.17) is 11.6 Å². The number of carbonyl (C=O) groups is 3. The first kappa shape index (κ1) is 19.7. The standard InChI is InChI=1S/C20H21ClN4O3/c1-4-24-12(2)9-14(13(24)3)10-17-19(27)25(20(28)23-17)11-18(26)22-16-7-5-15(21)6-8-16/h5-10H,4,11H2,1-3H3,(H,22,26)(H,23,28)/b17-10-. The fourth-order valence-electron chi connectivity index (χ4n) is 3.21. The molecule has 0 bridgehead atoms. The van der Waals surface area contributed by atoms with Gasteiger partial charge in [-0.3, -0.25) is 9.59 Å². The lowest BCUT2D eigenvalue weighted by molar-refractivity contribution is -0.127. The number of carbonyl (C=O) groups excluding carboxylic acids is 3. The SMILES string of the molecule is CCn1c(C)cc(/C=C2\NC(=O)N(CC(=O)Nc3ccc(Cl)cc3)C2=O)c1C. The van der Waals surface area contributed by atoms with Crippen molar-refractivity contribution >= 4 is 41.2 Å². The molecule has 1 saturated heterocycles. The van der Waals surface area contributed by atoms with Gasteiger partial charge in [0.1, 0.15) is 12.2 Å². The van der Waals surface area contributed by atoms with Crippen LogP contribution in [-0.4, -0.2) is 33.9 Å². The fourth-order valence-corrected chi connectivity index (χ4v) is 3.33. The molecule has 28 heavy (non-hydrogen) atoms. The molecule has 2 heterocycles. The molecule has 1 aromatic carbocycles. The van der Waals surface area contributed by atoms with Gasteiger partial charge in [0, 0.05) is 28.6 Å². The third-order valence-corrected chi connectivity index (χ3v) is 4.87. The molecule has 1 aliphatic heterocycles. The zero-order valence-electron chi connectivity index (χ0n) is 15.9. The minimum Gasteiger partial charge on any atom is -0.349 e. The molecule has 2 N–H and O–H groups in total. The van der Waals surface area contributed by atoms with Crippen molar-refractivity contribution in [1.29, 1.82) is 0 Å². The van der Waals surface area contributed by atoms with Crippen LogP contribution in [0.3, 0.4) is 0 Å². The van der Waals surface area contributed by atoms with Gasteiger partial charge in [-0.25, -0.2) is 9.69 Å². The number of halogens is 1. The second kappa shape index (κ2) is 7.90. The van der Waals surface area contributed by atoms with Crippen molar-refractivity contribution in [3.05, 3.63) is 58.0 Å². The Hall–Kier alpha value is -3.06. The van der Waals surface area contributed by atoms with Crippen LogP contribution in [0.4, 0.5) is 10.5 Å². The number of amides is 4. The van der Waals surface area contributed by atoms with Crippen LogP contribution in [-0.2, 0) is 16.1 Å². The van der Waals surface area contributed by atoms with E-state index >= 15 is 0 Å². The number of anilines is 1. The first-order valence-electron chi connectivity index (χ1n) is 8.86. The summed E-state index contributed by atoms with van der Waals surface area (Å²) in [7, 11) is 0. The van der Waals surface area contributed by atoms with Gasteiger partial charge in [0.25, 0.3) is 5.91 Å². The van der Waals surface area contributed by atoms with Gasteiger partial charge in [-0.1, -0.05) is 11.6 Å². The summed E-state index contributed by atoms with van der Waals surface area (Å²) in [6.45, 7) is 6.43. The lowest BCUT2D eigenvalue weighted by atomic mass is 10.2. The van der Waals surface area contributed by atoms with Crippen molar-refractivity contribution in [2.45, 2.75) is 27.3 Å². The molecule has 3 rings (SSSR count). The molecular weight excluding hydrogens is 380 g/mol. The molecule has 146 valence electrons. The fraction of sp³-hybridized carbons (Fsp3) is 0.250. The summed E-state index contributed by atoms with van der Waals surface area (Å²) >= 11 is 5.81. The maximum absolute atomic E-state index is 12.6. The third-order valence-electron chi connectivity index (χ3n) is 4.62. The molecule has 2 aromatic rings. The van der Waals surface area contributed by atoms with Crippen molar-refractivity contribution < 1.29 is 14.4 Å². The lowest BCUT2D eigenvalue weighted by Gasteiger charge is -2.12. The smallest absolute Gasteiger partial charge is 0.329 e. The van der Waals surface area contributed by atoms with E-state index in [2.05, 4.69) is 15.2 Å². The Balaban J connectivity index is 1.73. The maximum Gasteiger partial charge on any atom is 0.329 e. The van der Waals surface area contributed by atoms with Gasteiger partial charge in [0.05, 0.1) is 0 Å². The van der Waals surface area contributed by atoms with E-state index in [0.717, 1.165) is 28.4 Å². The highest BCUT2D eigenvalue weighted by Gasteiger charge is 2.35. The Morgan fingerprint density at radius 3 is 2.50 bits per heavy atom. The summed E-state index contributed by atoms with van der Waals surface area (Å²) in [5.41, 5.74) is 3.62. The van der Waals surface area contributed by atoms with Crippen molar-refractivity contribution in [2.24, 2.45) is 0 Å². The van der Waals surface area contributed by atoms with Crippen molar-refractivity contribution in [3.63, 3.8) is 0 Å². The number of aromatic nitrogens is 1. The van der Waals surface area contributed by atoms with Crippen LogP contribution < -0.4 is 10.6 Å². The number of nitrogens with one attached hydrogen (secondary N) is 2. The number of imide groups is 1. The first-order chi connectivity index (χ1) is 13.3.